The van der Waals surface area contributed by atoms with Crippen molar-refractivity contribution >= 4 is 28.2 Å². The van der Waals surface area contributed by atoms with Crippen LogP contribution in [0.2, 0.25) is 0 Å². The molecule has 0 bridgehead atoms. The number of anilines is 2. The van der Waals surface area contributed by atoms with Crippen molar-refractivity contribution in [2.45, 2.75) is 20.3 Å². The Morgan fingerprint density at radius 2 is 2.04 bits per heavy atom. The summed E-state index contributed by atoms with van der Waals surface area (Å²) in [7, 11) is 0. The number of nitrogens with zero attached hydrogens (tertiary/aromatic N) is 3. The Balaban J connectivity index is 1.70. The van der Waals surface area contributed by atoms with Gasteiger partial charge in [0.1, 0.15) is 5.82 Å². The zero-order valence-electron chi connectivity index (χ0n) is 15.2. The molecule has 0 spiro atoms. The molecule has 6 nitrogen and oxygen atoms in total. The van der Waals surface area contributed by atoms with E-state index in [4.69, 9.17) is 11.0 Å². The number of nitriles is 1. The molecule has 3 N–H and O–H groups in total. The molecule has 1 aliphatic rings. The summed E-state index contributed by atoms with van der Waals surface area (Å²) in [4.78, 5) is 20.9. The zero-order chi connectivity index (χ0) is 19.1. The van der Waals surface area contributed by atoms with Gasteiger partial charge >= 0.3 is 0 Å². The van der Waals surface area contributed by atoms with Gasteiger partial charge in [0.15, 0.2) is 0 Å². The monoisotopic (exact) mass is 357 g/mol. The predicted molar refractivity (Wildman–Crippen MR) is 105 cm³/mol. The summed E-state index contributed by atoms with van der Waals surface area (Å²) in [5.41, 5.74) is 10.9. The van der Waals surface area contributed by atoms with Gasteiger partial charge in [-0.3, -0.25) is 9.78 Å². The predicted octanol–water partition coefficient (Wildman–Crippen LogP) is 3.59. The molecule has 0 radical (unpaired) electrons. The number of fused-ring (bicyclic) bond motifs is 1. The number of carbonyl (C=O) groups excluding carboxylic acids is 1. The lowest BCUT2D eigenvalue weighted by atomic mass is 9.98. The lowest BCUT2D eigenvalue weighted by Crippen LogP contribution is -2.15. The van der Waals surface area contributed by atoms with E-state index >= 15 is 0 Å². The standard InChI is InChI=1S/C21H19N5O/c1-11-3-12(2)24-9-17(11)13-4-14-7-20(25-10-18(14)19(23)6-13)26-21(27)16-5-15(16)8-22/h3-4,6-7,9-10,15-16H,5,23H2,1-2H3,(H,25,26,27)/t15-,16+/m0/s1. The third kappa shape index (κ3) is 3.20. The Morgan fingerprint density at radius 3 is 2.74 bits per heavy atom. The van der Waals surface area contributed by atoms with Crippen LogP contribution in [-0.2, 0) is 4.79 Å². The number of pyridine rings is 2. The normalized spacial score (nSPS) is 18.1. The number of hydrogen-bond acceptors (Lipinski definition) is 5. The van der Waals surface area contributed by atoms with Crippen molar-refractivity contribution in [3.8, 4) is 17.2 Å². The number of nitrogen functional groups attached to an aromatic ring is 1. The number of amides is 1. The van der Waals surface area contributed by atoms with E-state index in [1.165, 1.54) is 0 Å². The van der Waals surface area contributed by atoms with Gasteiger partial charge in [0, 0.05) is 34.7 Å². The van der Waals surface area contributed by atoms with Crippen LogP contribution in [0.1, 0.15) is 17.7 Å². The number of benzene rings is 1. The minimum Gasteiger partial charge on any atom is -0.398 e. The molecule has 1 aromatic carbocycles. The van der Waals surface area contributed by atoms with Crippen molar-refractivity contribution in [3.05, 3.63) is 47.9 Å². The highest BCUT2D eigenvalue weighted by atomic mass is 16.2. The molecule has 0 aliphatic heterocycles. The first-order chi connectivity index (χ1) is 13.0. The van der Waals surface area contributed by atoms with Gasteiger partial charge in [-0.2, -0.15) is 5.26 Å². The second kappa shape index (κ2) is 6.36. The SMILES string of the molecule is Cc1cc(C)c(-c2cc(N)c3cnc(NC(=O)[C@@H]4C[C@H]4C#N)cc3c2)cn1. The Bertz CT molecular complexity index is 1120. The summed E-state index contributed by atoms with van der Waals surface area (Å²) in [5, 5.41) is 13.4. The van der Waals surface area contributed by atoms with Crippen LogP contribution < -0.4 is 11.1 Å². The Labute approximate surface area is 157 Å². The van der Waals surface area contributed by atoms with Gasteiger partial charge in [0.2, 0.25) is 5.91 Å². The van der Waals surface area contributed by atoms with E-state index in [9.17, 15) is 4.79 Å². The molecule has 0 saturated heterocycles. The van der Waals surface area contributed by atoms with Crippen LogP contribution in [0, 0.1) is 37.0 Å². The van der Waals surface area contributed by atoms with Crippen molar-refractivity contribution in [1.82, 2.24) is 9.97 Å². The highest BCUT2D eigenvalue weighted by molar-refractivity contribution is 6.00. The molecule has 4 rings (SSSR count). The van der Waals surface area contributed by atoms with Crippen molar-refractivity contribution < 1.29 is 4.79 Å². The Kier molecular flexibility index (Phi) is 4.00. The van der Waals surface area contributed by atoms with Crippen molar-refractivity contribution in [3.63, 3.8) is 0 Å². The van der Waals surface area contributed by atoms with Gasteiger partial charge in [-0.15, -0.1) is 0 Å². The maximum atomic E-state index is 12.2. The molecule has 134 valence electrons. The number of aromatic nitrogens is 2. The molecule has 1 saturated carbocycles. The number of nitrogens with one attached hydrogen (secondary N) is 1. The maximum absolute atomic E-state index is 12.2. The highest BCUT2D eigenvalue weighted by Gasteiger charge is 2.43. The summed E-state index contributed by atoms with van der Waals surface area (Å²) in [6.45, 7) is 4.01. The Morgan fingerprint density at radius 1 is 1.22 bits per heavy atom. The molecule has 2 heterocycles. The molecule has 2 aromatic heterocycles. The smallest absolute Gasteiger partial charge is 0.230 e. The molecule has 3 aromatic rings. The van der Waals surface area contributed by atoms with Gasteiger partial charge in [-0.25, -0.2) is 4.98 Å². The molecule has 2 atom stereocenters. The fourth-order valence-electron chi connectivity index (χ4n) is 3.36. The average Bonchev–Trinajstić information content (AvgIpc) is 3.41. The molecule has 1 fully saturated rings. The molecule has 27 heavy (non-hydrogen) atoms. The molecular weight excluding hydrogens is 338 g/mol. The van der Waals surface area contributed by atoms with E-state index in [1.54, 1.807) is 6.20 Å². The largest absolute Gasteiger partial charge is 0.398 e. The molecule has 0 unspecified atom stereocenters. The number of nitrogens with two attached hydrogens (primary N) is 1. The molecular formula is C21H19N5O. The summed E-state index contributed by atoms with van der Waals surface area (Å²) in [6, 6.07) is 9.92. The van der Waals surface area contributed by atoms with E-state index in [2.05, 4.69) is 21.4 Å². The van der Waals surface area contributed by atoms with Crippen molar-refractivity contribution in [2.24, 2.45) is 11.8 Å². The van der Waals surface area contributed by atoms with Gasteiger partial charge in [0.25, 0.3) is 0 Å². The van der Waals surface area contributed by atoms with Crippen LogP contribution in [0.15, 0.2) is 36.7 Å². The van der Waals surface area contributed by atoms with Crippen LogP contribution in [0.25, 0.3) is 21.9 Å². The first-order valence-corrected chi connectivity index (χ1v) is 8.79. The second-order valence-corrected chi connectivity index (χ2v) is 7.06. The van der Waals surface area contributed by atoms with Gasteiger partial charge in [-0.05, 0) is 61.0 Å². The first kappa shape index (κ1) is 17.0. The number of rotatable bonds is 3. The fourth-order valence-corrected chi connectivity index (χ4v) is 3.36. The third-order valence-corrected chi connectivity index (χ3v) is 4.97. The van der Waals surface area contributed by atoms with Crippen molar-refractivity contribution in [1.29, 1.82) is 5.26 Å². The second-order valence-electron chi connectivity index (χ2n) is 7.06. The van der Waals surface area contributed by atoms with Crippen LogP contribution in [0.3, 0.4) is 0 Å². The van der Waals surface area contributed by atoms with Gasteiger partial charge < -0.3 is 11.1 Å². The van der Waals surface area contributed by atoms with Gasteiger partial charge in [-0.1, -0.05) is 0 Å². The maximum Gasteiger partial charge on any atom is 0.230 e. The summed E-state index contributed by atoms with van der Waals surface area (Å²) < 4.78 is 0. The van der Waals surface area contributed by atoms with Crippen LogP contribution in [-0.4, -0.2) is 15.9 Å². The third-order valence-electron chi connectivity index (χ3n) is 4.97. The lowest BCUT2D eigenvalue weighted by Gasteiger charge is -2.11. The van der Waals surface area contributed by atoms with Gasteiger partial charge in [0.05, 0.1) is 17.9 Å². The van der Waals surface area contributed by atoms with Crippen molar-refractivity contribution in [2.75, 3.05) is 11.1 Å². The average molecular weight is 357 g/mol. The molecule has 1 aliphatic carbocycles. The number of aryl methyl sites for hydroxylation is 2. The number of carbonyl (C=O) groups is 1. The molecule has 6 heteroatoms. The van der Waals surface area contributed by atoms with Crippen LogP contribution in [0.4, 0.5) is 11.5 Å². The van der Waals surface area contributed by atoms with E-state index in [-0.39, 0.29) is 17.7 Å². The highest BCUT2D eigenvalue weighted by Crippen LogP contribution is 2.38. The topological polar surface area (TPSA) is 105 Å². The number of hydrogen-bond donors (Lipinski definition) is 2. The minimum atomic E-state index is -0.231. The van der Waals surface area contributed by atoms with E-state index in [0.717, 1.165) is 33.2 Å². The Hall–Kier alpha value is -3.46. The zero-order valence-corrected chi connectivity index (χ0v) is 15.2. The summed E-state index contributed by atoms with van der Waals surface area (Å²) >= 11 is 0. The first-order valence-electron chi connectivity index (χ1n) is 8.79. The van der Waals surface area contributed by atoms with E-state index in [1.807, 2.05) is 44.3 Å². The molecule has 1 amide bonds. The minimum absolute atomic E-state index is 0.156. The quantitative estimate of drug-likeness (QED) is 0.697. The van der Waals surface area contributed by atoms with E-state index in [0.29, 0.717) is 17.9 Å². The fraction of sp³-hybridized carbons (Fsp3) is 0.238. The van der Waals surface area contributed by atoms with E-state index < -0.39 is 0 Å². The summed E-state index contributed by atoms with van der Waals surface area (Å²) in [5.74, 6) is -0.0996. The van der Waals surface area contributed by atoms with Crippen LogP contribution in [0.5, 0.6) is 0 Å². The lowest BCUT2D eigenvalue weighted by molar-refractivity contribution is -0.117. The van der Waals surface area contributed by atoms with Crippen LogP contribution >= 0.6 is 0 Å². The summed E-state index contributed by atoms with van der Waals surface area (Å²) in [6.07, 6.45) is 4.13.